The molecule has 1 amide bonds. The van der Waals surface area contributed by atoms with E-state index in [-0.39, 0.29) is 12.5 Å². The van der Waals surface area contributed by atoms with Crippen LogP contribution in [0, 0.1) is 0 Å². The third-order valence-corrected chi connectivity index (χ3v) is 4.91. The Hall–Kier alpha value is -1.36. The average Bonchev–Trinajstić information content (AvgIpc) is 2.62. The lowest BCUT2D eigenvalue weighted by Gasteiger charge is -2.32. The number of halogens is 1. The number of amides is 1. The predicted octanol–water partition coefficient (Wildman–Crippen LogP) is 3.08. The van der Waals surface area contributed by atoms with Crippen molar-refractivity contribution in [1.82, 2.24) is 0 Å². The lowest BCUT2D eigenvalue weighted by molar-refractivity contribution is -0.137. The molecular formula is C15H16BrNO3. The van der Waals surface area contributed by atoms with E-state index in [0.29, 0.717) is 0 Å². The van der Waals surface area contributed by atoms with Crippen LogP contribution in [0.25, 0.3) is 0 Å². The highest BCUT2D eigenvalue weighted by molar-refractivity contribution is 9.10. The van der Waals surface area contributed by atoms with Gasteiger partial charge < -0.3 is 10.0 Å². The van der Waals surface area contributed by atoms with Crippen molar-refractivity contribution in [2.24, 2.45) is 0 Å². The lowest BCUT2D eigenvalue weighted by atomic mass is 9.70. The van der Waals surface area contributed by atoms with Crippen molar-refractivity contribution in [3.8, 4) is 0 Å². The normalized spacial score (nSPS) is 20.2. The molecule has 1 aromatic carbocycles. The minimum absolute atomic E-state index is 0.0345. The molecular weight excluding hydrogens is 322 g/mol. The Bertz CT molecular complexity index is 578. The first kappa shape index (κ1) is 13.6. The monoisotopic (exact) mass is 337 g/mol. The molecule has 0 aromatic heterocycles. The van der Waals surface area contributed by atoms with Crippen LogP contribution in [-0.2, 0) is 15.0 Å². The van der Waals surface area contributed by atoms with E-state index >= 15 is 0 Å². The summed E-state index contributed by atoms with van der Waals surface area (Å²) < 4.78 is 0.868. The second-order valence-corrected chi connectivity index (χ2v) is 6.50. The third-order valence-electron chi connectivity index (χ3n) is 4.42. The van der Waals surface area contributed by atoms with Crippen LogP contribution in [0.5, 0.6) is 0 Å². The summed E-state index contributed by atoms with van der Waals surface area (Å²) in [5.41, 5.74) is 1.28. The molecule has 0 unspecified atom stereocenters. The molecule has 1 heterocycles. The van der Waals surface area contributed by atoms with Crippen LogP contribution in [0.3, 0.4) is 0 Å². The van der Waals surface area contributed by atoms with E-state index in [0.717, 1.165) is 47.8 Å². The van der Waals surface area contributed by atoms with Crippen molar-refractivity contribution in [2.45, 2.75) is 37.5 Å². The van der Waals surface area contributed by atoms with Gasteiger partial charge >= 0.3 is 5.97 Å². The van der Waals surface area contributed by atoms with E-state index in [1.165, 1.54) is 4.90 Å². The molecule has 4 nitrogen and oxygen atoms in total. The van der Waals surface area contributed by atoms with Crippen molar-refractivity contribution >= 4 is 33.5 Å². The minimum Gasteiger partial charge on any atom is -0.480 e. The van der Waals surface area contributed by atoms with Crippen molar-refractivity contribution in [1.29, 1.82) is 0 Å². The number of rotatable bonds is 2. The first-order chi connectivity index (χ1) is 9.54. The lowest BCUT2D eigenvalue weighted by Crippen LogP contribution is -2.43. The Labute approximate surface area is 125 Å². The van der Waals surface area contributed by atoms with Gasteiger partial charge in [0.25, 0.3) is 0 Å². The van der Waals surface area contributed by atoms with Gasteiger partial charge in [-0.3, -0.25) is 9.59 Å². The van der Waals surface area contributed by atoms with Gasteiger partial charge in [0.1, 0.15) is 6.54 Å². The summed E-state index contributed by atoms with van der Waals surface area (Å²) in [6, 6.07) is 5.77. The van der Waals surface area contributed by atoms with Crippen LogP contribution in [0.2, 0.25) is 0 Å². The van der Waals surface area contributed by atoms with E-state index in [1.807, 2.05) is 18.2 Å². The molecule has 1 aromatic rings. The van der Waals surface area contributed by atoms with E-state index in [4.69, 9.17) is 5.11 Å². The number of benzene rings is 1. The average molecular weight is 338 g/mol. The van der Waals surface area contributed by atoms with E-state index in [2.05, 4.69) is 15.9 Å². The number of carbonyl (C=O) groups excluding carboxylic acids is 1. The molecule has 3 rings (SSSR count). The van der Waals surface area contributed by atoms with Crippen molar-refractivity contribution in [2.75, 3.05) is 11.4 Å². The molecule has 1 spiro atoms. The summed E-state index contributed by atoms with van der Waals surface area (Å²) in [6.45, 7) is -0.260. The SMILES string of the molecule is O=C(O)CN1C(=O)C2(CCCCC2)c2ccc(Br)cc21. The summed E-state index contributed by atoms with van der Waals surface area (Å²) in [4.78, 5) is 25.3. The number of hydrogen-bond donors (Lipinski definition) is 1. The highest BCUT2D eigenvalue weighted by atomic mass is 79.9. The van der Waals surface area contributed by atoms with Crippen LogP contribution in [0.1, 0.15) is 37.7 Å². The maximum Gasteiger partial charge on any atom is 0.323 e. The number of fused-ring (bicyclic) bond motifs is 2. The molecule has 0 bridgehead atoms. The Morgan fingerprint density at radius 2 is 2.00 bits per heavy atom. The Morgan fingerprint density at radius 3 is 2.65 bits per heavy atom. The molecule has 1 aliphatic heterocycles. The maximum absolute atomic E-state index is 12.8. The van der Waals surface area contributed by atoms with Gasteiger partial charge in [0.15, 0.2) is 0 Å². The summed E-state index contributed by atoms with van der Waals surface area (Å²) in [5.74, 6) is -1.01. The zero-order valence-corrected chi connectivity index (χ0v) is 12.6. The molecule has 1 saturated carbocycles. The summed E-state index contributed by atoms with van der Waals surface area (Å²) in [6.07, 6.45) is 4.87. The van der Waals surface area contributed by atoms with Gasteiger partial charge in [-0.05, 0) is 30.5 Å². The van der Waals surface area contributed by atoms with Gasteiger partial charge in [-0.15, -0.1) is 0 Å². The van der Waals surface area contributed by atoms with Crippen LogP contribution < -0.4 is 4.90 Å². The second kappa shape index (κ2) is 4.88. The number of nitrogens with zero attached hydrogens (tertiary/aromatic N) is 1. The molecule has 0 saturated heterocycles. The smallest absolute Gasteiger partial charge is 0.323 e. The molecule has 0 radical (unpaired) electrons. The van der Waals surface area contributed by atoms with E-state index in [1.54, 1.807) is 0 Å². The second-order valence-electron chi connectivity index (χ2n) is 5.59. The molecule has 1 fully saturated rings. The number of aliphatic carboxylic acids is 1. The predicted molar refractivity (Wildman–Crippen MR) is 78.9 cm³/mol. The van der Waals surface area contributed by atoms with Crippen LogP contribution in [0.4, 0.5) is 5.69 Å². The highest BCUT2D eigenvalue weighted by Gasteiger charge is 2.51. The fourth-order valence-corrected chi connectivity index (χ4v) is 3.90. The standard InChI is InChI=1S/C15H16BrNO3/c16-10-4-5-11-12(8-10)17(9-13(18)19)14(20)15(11)6-2-1-3-7-15/h4-5,8H,1-3,6-7,9H2,(H,18,19). The fraction of sp³-hybridized carbons (Fsp3) is 0.467. The number of anilines is 1. The number of carbonyl (C=O) groups is 2. The zero-order valence-electron chi connectivity index (χ0n) is 11.1. The van der Waals surface area contributed by atoms with E-state index in [9.17, 15) is 9.59 Å². The number of carboxylic acid groups (broad SMARTS) is 1. The van der Waals surface area contributed by atoms with Gasteiger partial charge in [0, 0.05) is 10.2 Å². The van der Waals surface area contributed by atoms with Crippen molar-refractivity contribution in [3.05, 3.63) is 28.2 Å². The number of hydrogen-bond acceptors (Lipinski definition) is 2. The third kappa shape index (κ3) is 1.95. The molecule has 20 heavy (non-hydrogen) atoms. The Kier molecular flexibility index (Phi) is 3.32. The van der Waals surface area contributed by atoms with Gasteiger partial charge in [-0.2, -0.15) is 0 Å². The highest BCUT2D eigenvalue weighted by Crippen LogP contribution is 2.50. The summed E-state index contributed by atoms with van der Waals surface area (Å²) in [5, 5.41) is 9.07. The molecule has 106 valence electrons. The van der Waals surface area contributed by atoms with Crippen LogP contribution in [-0.4, -0.2) is 23.5 Å². The molecule has 0 atom stereocenters. The van der Waals surface area contributed by atoms with Gasteiger partial charge in [-0.1, -0.05) is 41.3 Å². The minimum atomic E-state index is -0.975. The summed E-state index contributed by atoms with van der Waals surface area (Å²) in [7, 11) is 0. The number of carboxylic acids is 1. The van der Waals surface area contributed by atoms with Gasteiger partial charge in [0.05, 0.1) is 5.41 Å². The summed E-state index contributed by atoms with van der Waals surface area (Å²) >= 11 is 3.41. The quantitative estimate of drug-likeness (QED) is 0.902. The van der Waals surface area contributed by atoms with Crippen LogP contribution in [0.15, 0.2) is 22.7 Å². The first-order valence-electron chi connectivity index (χ1n) is 6.88. The zero-order chi connectivity index (χ0) is 14.3. The largest absolute Gasteiger partial charge is 0.480 e. The molecule has 1 aliphatic carbocycles. The van der Waals surface area contributed by atoms with Gasteiger partial charge in [-0.25, -0.2) is 0 Å². The molecule has 2 aliphatic rings. The maximum atomic E-state index is 12.8. The molecule has 5 heteroatoms. The van der Waals surface area contributed by atoms with Crippen molar-refractivity contribution < 1.29 is 14.7 Å². The topological polar surface area (TPSA) is 57.6 Å². The molecule has 1 N–H and O–H groups in total. The van der Waals surface area contributed by atoms with Crippen molar-refractivity contribution in [3.63, 3.8) is 0 Å². The first-order valence-corrected chi connectivity index (χ1v) is 7.68. The Morgan fingerprint density at radius 1 is 1.30 bits per heavy atom. The van der Waals surface area contributed by atoms with Gasteiger partial charge in [0.2, 0.25) is 5.91 Å². The van der Waals surface area contributed by atoms with E-state index < -0.39 is 11.4 Å². The van der Waals surface area contributed by atoms with Crippen LogP contribution >= 0.6 is 15.9 Å². The fourth-order valence-electron chi connectivity index (χ4n) is 3.55. The Balaban J connectivity index is 2.11.